The summed E-state index contributed by atoms with van der Waals surface area (Å²) >= 11 is 0. The Morgan fingerprint density at radius 1 is 1.15 bits per heavy atom. The van der Waals surface area contributed by atoms with E-state index >= 15 is 0 Å². The van der Waals surface area contributed by atoms with E-state index in [0.717, 1.165) is 38.9 Å². The molecule has 1 aliphatic carbocycles. The van der Waals surface area contributed by atoms with Crippen LogP contribution in [0, 0.1) is 5.92 Å². The molecule has 0 spiro atoms. The van der Waals surface area contributed by atoms with Crippen molar-refractivity contribution in [3.63, 3.8) is 0 Å². The molecule has 0 bridgehead atoms. The van der Waals surface area contributed by atoms with Crippen molar-refractivity contribution in [3.8, 4) is 0 Å². The summed E-state index contributed by atoms with van der Waals surface area (Å²) in [5.41, 5.74) is 0. The normalized spacial score (nSPS) is 31.9. The van der Waals surface area contributed by atoms with E-state index in [4.69, 9.17) is 0 Å². The number of nitrogens with zero attached hydrogens (tertiary/aromatic N) is 1. The molecular weight excluding hydrogens is 265 g/mol. The Hall–Kier alpha value is -0.290. The lowest BCUT2D eigenvalue weighted by molar-refractivity contribution is -0.186. The van der Waals surface area contributed by atoms with Crippen molar-refractivity contribution in [2.24, 2.45) is 5.92 Å². The molecule has 1 N–H and O–H groups in total. The summed E-state index contributed by atoms with van der Waals surface area (Å²) in [6, 6.07) is 0.602. The van der Waals surface area contributed by atoms with Crippen LogP contribution in [0.2, 0.25) is 0 Å². The van der Waals surface area contributed by atoms with E-state index in [-0.39, 0.29) is 6.04 Å². The van der Waals surface area contributed by atoms with Crippen molar-refractivity contribution >= 4 is 0 Å². The second kappa shape index (κ2) is 7.12. The largest absolute Gasteiger partial charge is 0.391 e. The Morgan fingerprint density at radius 3 is 2.55 bits per heavy atom. The van der Waals surface area contributed by atoms with Crippen molar-refractivity contribution in [2.45, 2.75) is 70.1 Å². The summed E-state index contributed by atoms with van der Waals surface area (Å²) in [6.07, 6.45) is 1.63. The highest BCUT2D eigenvalue weighted by atomic mass is 19.4. The monoisotopic (exact) mass is 292 g/mol. The zero-order valence-electron chi connectivity index (χ0n) is 12.4. The van der Waals surface area contributed by atoms with Crippen LogP contribution in [0.1, 0.15) is 51.9 Å². The van der Waals surface area contributed by atoms with Gasteiger partial charge >= 0.3 is 6.18 Å². The third-order valence-corrected chi connectivity index (χ3v) is 4.75. The molecule has 0 aromatic heterocycles. The zero-order valence-corrected chi connectivity index (χ0v) is 12.4. The third-order valence-electron chi connectivity index (χ3n) is 4.75. The second-order valence-electron chi connectivity index (χ2n) is 6.35. The molecule has 1 saturated carbocycles. The molecule has 2 nitrogen and oxygen atoms in total. The first-order valence-corrected chi connectivity index (χ1v) is 8.05. The summed E-state index contributed by atoms with van der Waals surface area (Å²) in [4.78, 5) is 2.32. The van der Waals surface area contributed by atoms with Gasteiger partial charge in [0.05, 0.1) is 5.92 Å². The molecule has 2 aliphatic rings. The molecule has 0 aromatic rings. The topological polar surface area (TPSA) is 15.3 Å². The van der Waals surface area contributed by atoms with Crippen LogP contribution in [0.15, 0.2) is 0 Å². The summed E-state index contributed by atoms with van der Waals surface area (Å²) in [6.45, 7) is 5.01. The van der Waals surface area contributed by atoms with E-state index in [2.05, 4.69) is 17.1 Å². The van der Waals surface area contributed by atoms with Gasteiger partial charge in [-0.05, 0) is 51.6 Å². The lowest BCUT2D eigenvalue weighted by Crippen LogP contribution is -2.47. The first-order chi connectivity index (χ1) is 9.50. The maximum atomic E-state index is 12.9. The van der Waals surface area contributed by atoms with E-state index < -0.39 is 12.1 Å². The molecule has 20 heavy (non-hydrogen) atoms. The molecule has 0 amide bonds. The maximum Gasteiger partial charge on any atom is 0.391 e. The fraction of sp³-hybridized carbons (Fsp3) is 1.00. The molecular formula is C15H27F3N2. The van der Waals surface area contributed by atoms with Crippen LogP contribution < -0.4 is 5.32 Å². The highest BCUT2D eigenvalue weighted by molar-refractivity contribution is 4.86. The molecule has 1 aliphatic heterocycles. The van der Waals surface area contributed by atoms with E-state index in [1.165, 1.54) is 6.42 Å². The van der Waals surface area contributed by atoms with Crippen LogP contribution in [0.4, 0.5) is 13.2 Å². The van der Waals surface area contributed by atoms with Gasteiger partial charge < -0.3 is 5.32 Å². The molecule has 1 saturated heterocycles. The van der Waals surface area contributed by atoms with E-state index in [0.29, 0.717) is 25.3 Å². The van der Waals surface area contributed by atoms with Crippen molar-refractivity contribution in [1.82, 2.24) is 10.2 Å². The van der Waals surface area contributed by atoms with Gasteiger partial charge in [0.2, 0.25) is 0 Å². The van der Waals surface area contributed by atoms with Crippen LogP contribution in [0.5, 0.6) is 0 Å². The van der Waals surface area contributed by atoms with Gasteiger partial charge in [0.15, 0.2) is 0 Å². The first kappa shape index (κ1) is 16.1. The standard InChI is InChI=1S/C15H27F3N2/c1-2-9-20(11-13-6-4-8-19-13)14-7-3-5-12(10-14)15(16,17)18/h12-14,19H,2-11H2,1H3. The first-order valence-electron chi connectivity index (χ1n) is 8.05. The Labute approximate surface area is 120 Å². The highest BCUT2D eigenvalue weighted by Crippen LogP contribution is 2.39. The number of alkyl halides is 3. The van der Waals surface area contributed by atoms with Gasteiger partial charge in [-0.3, -0.25) is 4.90 Å². The Morgan fingerprint density at radius 2 is 1.95 bits per heavy atom. The molecule has 2 fully saturated rings. The molecule has 1 heterocycles. The third kappa shape index (κ3) is 4.35. The van der Waals surface area contributed by atoms with Crippen molar-refractivity contribution < 1.29 is 13.2 Å². The van der Waals surface area contributed by atoms with Crippen LogP contribution in [0.3, 0.4) is 0 Å². The predicted molar refractivity (Wildman–Crippen MR) is 74.7 cm³/mol. The number of hydrogen-bond acceptors (Lipinski definition) is 2. The number of hydrogen-bond donors (Lipinski definition) is 1. The Balaban J connectivity index is 1.93. The average molecular weight is 292 g/mol. The summed E-state index contributed by atoms with van der Waals surface area (Å²) in [5.74, 6) is -1.09. The highest BCUT2D eigenvalue weighted by Gasteiger charge is 2.43. The maximum absolute atomic E-state index is 12.9. The van der Waals surface area contributed by atoms with E-state index in [1.807, 2.05) is 0 Å². The fourth-order valence-electron chi connectivity index (χ4n) is 3.70. The Bertz CT molecular complexity index is 287. The minimum Gasteiger partial charge on any atom is -0.313 e. The predicted octanol–water partition coefficient (Wildman–Crippen LogP) is 3.57. The van der Waals surface area contributed by atoms with Gasteiger partial charge in [0, 0.05) is 18.6 Å². The van der Waals surface area contributed by atoms with Crippen molar-refractivity contribution in [1.29, 1.82) is 0 Å². The average Bonchev–Trinajstić information content (AvgIpc) is 2.90. The molecule has 5 heteroatoms. The van der Waals surface area contributed by atoms with E-state index in [1.54, 1.807) is 0 Å². The molecule has 3 unspecified atom stereocenters. The van der Waals surface area contributed by atoms with Crippen LogP contribution in [0.25, 0.3) is 0 Å². The van der Waals surface area contributed by atoms with E-state index in [9.17, 15) is 13.2 Å². The lowest BCUT2D eigenvalue weighted by atomic mass is 9.84. The van der Waals surface area contributed by atoms with Crippen LogP contribution in [-0.2, 0) is 0 Å². The summed E-state index contributed by atoms with van der Waals surface area (Å²) < 4.78 is 38.8. The molecule has 0 radical (unpaired) electrons. The summed E-state index contributed by atoms with van der Waals surface area (Å²) in [7, 11) is 0. The van der Waals surface area contributed by atoms with Gasteiger partial charge in [0.1, 0.15) is 0 Å². The minimum absolute atomic E-state index is 0.123. The fourth-order valence-corrected chi connectivity index (χ4v) is 3.70. The van der Waals surface area contributed by atoms with Crippen LogP contribution in [-0.4, -0.2) is 42.8 Å². The molecule has 118 valence electrons. The molecule has 2 rings (SSSR count). The second-order valence-corrected chi connectivity index (χ2v) is 6.35. The smallest absolute Gasteiger partial charge is 0.313 e. The van der Waals surface area contributed by atoms with Crippen molar-refractivity contribution in [3.05, 3.63) is 0 Å². The van der Waals surface area contributed by atoms with Gasteiger partial charge in [-0.25, -0.2) is 0 Å². The van der Waals surface area contributed by atoms with Gasteiger partial charge in [0.25, 0.3) is 0 Å². The lowest BCUT2D eigenvalue weighted by Gasteiger charge is -2.39. The Kier molecular flexibility index (Phi) is 5.73. The quantitative estimate of drug-likeness (QED) is 0.833. The number of rotatable bonds is 5. The van der Waals surface area contributed by atoms with Crippen molar-refractivity contribution in [2.75, 3.05) is 19.6 Å². The minimum atomic E-state index is -4.01. The number of nitrogens with one attached hydrogen (secondary N) is 1. The van der Waals surface area contributed by atoms with Gasteiger partial charge in [-0.15, -0.1) is 0 Å². The SMILES string of the molecule is CCCN(CC1CCCN1)C1CCCC(C(F)(F)F)C1. The summed E-state index contributed by atoms with van der Waals surface area (Å²) in [5, 5.41) is 3.46. The van der Waals surface area contributed by atoms with Gasteiger partial charge in [-0.1, -0.05) is 13.3 Å². The van der Waals surface area contributed by atoms with Crippen LogP contribution >= 0.6 is 0 Å². The molecule has 0 aromatic carbocycles. The zero-order chi connectivity index (χ0) is 14.6. The number of halogens is 3. The van der Waals surface area contributed by atoms with Gasteiger partial charge in [-0.2, -0.15) is 13.2 Å². The molecule has 3 atom stereocenters.